The Kier molecular flexibility index (Phi) is 5.99. The summed E-state index contributed by atoms with van der Waals surface area (Å²) in [5.74, 6) is 0.667. The predicted molar refractivity (Wildman–Crippen MR) is 75.9 cm³/mol. The number of ether oxygens (including phenoxy) is 1. The molecule has 0 heterocycles. The average Bonchev–Trinajstić information content (AvgIpc) is 2.27. The van der Waals surface area contributed by atoms with Crippen LogP contribution < -0.4 is 0 Å². The molecule has 19 heavy (non-hydrogen) atoms. The van der Waals surface area contributed by atoms with Gasteiger partial charge in [0.1, 0.15) is 15.4 Å². The summed E-state index contributed by atoms with van der Waals surface area (Å²) < 4.78 is 28.0. The Hall–Kier alpha value is -0.420. The zero-order valence-corrected chi connectivity index (χ0v) is 13.1. The second kappa shape index (κ2) is 6.84. The summed E-state index contributed by atoms with van der Waals surface area (Å²) in [7, 11) is -2.99. The van der Waals surface area contributed by atoms with Gasteiger partial charge < -0.3 is 4.74 Å². The number of rotatable bonds is 7. The molecule has 4 nitrogen and oxygen atoms in total. The van der Waals surface area contributed by atoms with Crippen molar-refractivity contribution in [3.8, 4) is 0 Å². The van der Waals surface area contributed by atoms with Gasteiger partial charge in [-0.05, 0) is 38.5 Å². The topological polar surface area (TPSA) is 60.4 Å². The van der Waals surface area contributed by atoms with Crippen molar-refractivity contribution < 1.29 is 17.9 Å². The van der Waals surface area contributed by atoms with Crippen LogP contribution in [-0.4, -0.2) is 38.4 Å². The summed E-state index contributed by atoms with van der Waals surface area (Å²) in [6.45, 7) is 4.59. The van der Waals surface area contributed by atoms with Crippen molar-refractivity contribution >= 4 is 15.6 Å². The Balaban J connectivity index is 2.62. The maximum atomic E-state index is 12.4. The van der Waals surface area contributed by atoms with E-state index in [1.807, 2.05) is 6.92 Å². The van der Waals surface area contributed by atoms with E-state index in [-0.39, 0.29) is 11.5 Å². The normalized spacial score (nSPS) is 28.3. The summed E-state index contributed by atoms with van der Waals surface area (Å²) in [5.41, 5.74) is -0.649. The lowest BCUT2D eigenvalue weighted by Crippen LogP contribution is -2.45. The van der Waals surface area contributed by atoms with E-state index in [1.165, 1.54) is 6.26 Å². The number of Topliss-reactive ketones (excluding diaryl/α,β-unsaturated/α-hetero) is 1. The van der Waals surface area contributed by atoms with Gasteiger partial charge in [0.25, 0.3) is 0 Å². The van der Waals surface area contributed by atoms with Gasteiger partial charge in [-0.1, -0.05) is 13.3 Å². The van der Waals surface area contributed by atoms with Gasteiger partial charge in [0.05, 0.1) is 5.75 Å². The van der Waals surface area contributed by atoms with Crippen molar-refractivity contribution in [1.29, 1.82) is 0 Å². The zero-order chi connectivity index (χ0) is 14.5. The van der Waals surface area contributed by atoms with Gasteiger partial charge in [0, 0.05) is 19.3 Å². The van der Waals surface area contributed by atoms with E-state index >= 15 is 0 Å². The van der Waals surface area contributed by atoms with Gasteiger partial charge in [0.2, 0.25) is 0 Å². The second-order valence-electron chi connectivity index (χ2n) is 5.79. The number of carbonyl (C=O) groups is 1. The Morgan fingerprint density at radius 3 is 2.63 bits per heavy atom. The summed E-state index contributed by atoms with van der Waals surface area (Å²) >= 11 is 0. The highest BCUT2D eigenvalue weighted by atomic mass is 32.2. The van der Waals surface area contributed by atoms with Crippen LogP contribution in [0.1, 0.15) is 52.4 Å². The van der Waals surface area contributed by atoms with E-state index in [9.17, 15) is 13.2 Å². The lowest BCUT2D eigenvalue weighted by Gasteiger charge is -2.38. The minimum atomic E-state index is -2.99. The van der Waals surface area contributed by atoms with E-state index in [4.69, 9.17) is 4.74 Å². The monoisotopic (exact) mass is 290 g/mol. The van der Waals surface area contributed by atoms with E-state index in [0.717, 1.165) is 25.7 Å². The van der Waals surface area contributed by atoms with Crippen molar-refractivity contribution in [2.75, 3.05) is 18.6 Å². The van der Waals surface area contributed by atoms with Crippen molar-refractivity contribution in [3.63, 3.8) is 0 Å². The molecular weight excluding hydrogens is 264 g/mol. The average molecular weight is 290 g/mol. The number of sulfone groups is 1. The Labute approximate surface area is 116 Å². The van der Waals surface area contributed by atoms with Crippen LogP contribution in [0.25, 0.3) is 0 Å². The maximum absolute atomic E-state index is 12.4. The number of hydrogen-bond donors (Lipinski definition) is 0. The molecule has 1 fully saturated rings. The SMILES string of the molecule is CCOC1(C(=O)CCCS(C)(=O)=O)CCCC(C)C1. The molecule has 112 valence electrons. The fourth-order valence-corrected chi connectivity index (χ4v) is 3.64. The first-order valence-corrected chi connectivity index (χ1v) is 9.20. The molecule has 0 aromatic rings. The lowest BCUT2D eigenvalue weighted by molar-refractivity contribution is -0.151. The third-order valence-electron chi connectivity index (χ3n) is 3.80. The quantitative estimate of drug-likeness (QED) is 0.722. The summed E-state index contributed by atoms with van der Waals surface area (Å²) in [6, 6.07) is 0. The number of carbonyl (C=O) groups excluding carboxylic acids is 1. The molecule has 5 heteroatoms. The summed E-state index contributed by atoms with van der Waals surface area (Å²) in [6.07, 6.45) is 5.63. The fourth-order valence-electron chi connectivity index (χ4n) is 2.97. The van der Waals surface area contributed by atoms with Gasteiger partial charge in [0.15, 0.2) is 5.78 Å². The minimum Gasteiger partial charge on any atom is -0.367 e. The molecule has 0 spiro atoms. The first-order valence-electron chi connectivity index (χ1n) is 7.14. The highest BCUT2D eigenvalue weighted by Crippen LogP contribution is 2.36. The van der Waals surface area contributed by atoms with Gasteiger partial charge >= 0.3 is 0 Å². The van der Waals surface area contributed by atoms with Gasteiger partial charge in [-0.3, -0.25) is 4.79 Å². The molecule has 1 saturated carbocycles. The first kappa shape index (κ1) is 16.6. The Morgan fingerprint density at radius 2 is 2.11 bits per heavy atom. The fraction of sp³-hybridized carbons (Fsp3) is 0.929. The second-order valence-corrected chi connectivity index (χ2v) is 8.05. The Bertz CT molecular complexity index is 398. The third kappa shape index (κ3) is 5.22. The highest BCUT2D eigenvalue weighted by Gasteiger charge is 2.41. The van der Waals surface area contributed by atoms with Crippen LogP contribution in [0.15, 0.2) is 0 Å². The first-order chi connectivity index (χ1) is 8.79. The highest BCUT2D eigenvalue weighted by molar-refractivity contribution is 7.90. The van der Waals surface area contributed by atoms with Crippen LogP contribution in [0.2, 0.25) is 0 Å². The molecule has 0 aliphatic heterocycles. The largest absolute Gasteiger partial charge is 0.367 e. The maximum Gasteiger partial charge on any atom is 0.164 e. The van der Waals surface area contributed by atoms with Crippen LogP contribution >= 0.6 is 0 Å². The standard InChI is InChI=1S/C14H26O4S/c1-4-18-14(9-5-7-12(2)11-14)13(15)8-6-10-19(3,16)17/h12H,4-11H2,1-3H3. The van der Waals surface area contributed by atoms with Crippen LogP contribution in [0.4, 0.5) is 0 Å². The predicted octanol–water partition coefficient (Wildman–Crippen LogP) is 2.37. The molecule has 2 unspecified atom stereocenters. The van der Waals surface area contributed by atoms with Crippen molar-refractivity contribution in [1.82, 2.24) is 0 Å². The smallest absolute Gasteiger partial charge is 0.164 e. The number of ketones is 1. The van der Waals surface area contributed by atoms with Gasteiger partial charge in [-0.15, -0.1) is 0 Å². The summed E-state index contributed by atoms with van der Waals surface area (Å²) in [5, 5.41) is 0. The molecule has 1 aliphatic rings. The van der Waals surface area contributed by atoms with E-state index in [1.54, 1.807) is 0 Å². The molecule has 0 bridgehead atoms. The van der Waals surface area contributed by atoms with Crippen LogP contribution in [0, 0.1) is 5.92 Å². The van der Waals surface area contributed by atoms with Gasteiger partial charge in [-0.25, -0.2) is 8.42 Å². The minimum absolute atomic E-state index is 0.0799. The van der Waals surface area contributed by atoms with Crippen molar-refractivity contribution in [2.45, 2.75) is 58.0 Å². The molecule has 1 aliphatic carbocycles. The molecule has 0 aromatic carbocycles. The van der Waals surface area contributed by atoms with E-state index in [0.29, 0.717) is 25.4 Å². The Morgan fingerprint density at radius 1 is 1.42 bits per heavy atom. The molecule has 0 aromatic heterocycles. The lowest BCUT2D eigenvalue weighted by atomic mass is 9.75. The third-order valence-corrected chi connectivity index (χ3v) is 4.83. The molecular formula is C14H26O4S. The van der Waals surface area contributed by atoms with Crippen molar-refractivity contribution in [3.05, 3.63) is 0 Å². The molecule has 2 atom stereocenters. The van der Waals surface area contributed by atoms with E-state index in [2.05, 4.69) is 6.92 Å². The van der Waals surface area contributed by atoms with Crippen LogP contribution in [0.3, 0.4) is 0 Å². The molecule has 1 rings (SSSR count). The van der Waals surface area contributed by atoms with Crippen LogP contribution in [-0.2, 0) is 19.4 Å². The van der Waals surface area contributed by atoms with Crippen LogP contribution in [0.5, 0.6) is 0 Å². The summed E-state index contributed by atoms with van der Waals surface area (Å²) in [4.78, 5) is 12.4. The molecule has 0 N–H and O–H groups in total. The molecule has 0 radical (unpaired) electrons. The number of hydrogen-bond acceptors (Lipinski definition) is 4. The molecule has 0 saturated heterocycles. The molecule has 0 amide bonds. The zero-order valence-electron chi connectivity index (χ0n) is 12.3. The van der Waals surface area contributed by atoms with Gasteiger partial charge in [-0.2, -0.15) is 0 Å². The van der Waals surface area contributed by atoms with Crippen molar-refractivity contribution in [2.24, 2.45) is 5.92 Å². The van der Waals surface area contributed by atoms with E-state index < -0.39 is 15.4 Å².